The highest BCUT2D eigenvalue weighted by Crippen LogP contribution is 2.28. The van der Waals surface area contributed by atoms with Crippen LogP contribution in [-0.4, -0.2) is 47.0 Å². The Morgan fingerprint density at radius 2 is 2.04 bits per heavy atom. The summed E-state index contributed by atoms with van der Waals surface area (Å²) >= 11 is 1.69. The van der Waals surface area contributed by atoms with Gasteiger partial charge in [-0.3, -0.25) is 4.90 Å². The molecule has 0 aliphatic carbocycles. The molecule has 5 heteroatoms. The van der Waals surface area contributed by atoms with Crippen molar-refractivity contribution in [1.82, 2.24) is 14.8 Å². The van der Waals surface area contributed by atoms with Gasteiger partial charge in [0.15, 0.2) is 10.8 Å². The molecule has 2 aromatic rings. The largest absolute Gasteiger partial charge is 0.459 e. The first-order valence-electron chi connectivity index (χ1n) is 9.25. The van der Waals surface area contributed by atoms with Crippen LogP contribution in [0.2, 0.25) is 0 Å². The molecular weight excluding hydrogens is 318 g/mol. The third-order valence-corrected chi connectivity index (χ3v) is 6.19. The van der Waals surface area contributed by atoms with E-state index in [0.29, 0.717) is 6.04 Å². The summed E-state index contributed by atoms with van der Waals surface area (Å²) in [5.41, 5.74) is 1.19. The van der Waals surface area contributed by atoms with Gasteiger partial charge in [0.05, 0.1) is 5.69 Å². The topological polar surface area (TPSA) is 32.5 Å². The quantitative estimate of drug-likeness (QED) is 0.814. The summed E-state index contributed by atoms with van der Waals surface area (Å²) in [7, 11) is 0. The molecule has 1 atom stereocenters. The highest BCUT2D eigenvalue weighted by molar-refractivity contribution is 7.13. The Morgan fingerprint density at radius 1 is 1.17 bits per heavy atom. The summed E-state index contributed by atoms with van der Waals surface area (Å²) in [6, 6.07) is 4.73. The molecule has 2 aliphatic rings. The monoisotopic (exact) mass is 345 g/mol. The van der Waals surface area contributed by atoms with Gasteiger partial charge in [0.1, 0.15) is 5.76 Å². The lowest BCUT2D eigenvalue weighted by Crippen LogP contribution is -2.42. The molecule has 2 aromatic heterocycles. The van der Waals surface area contributed by atoms with Crippen molar-refractivity contribution in [3.63, 3.8) is 0 Å². The normalized spacial score (nSPS) is 23.1. The maximum absolute atomic E-state index is 5.70. The van der Waals surface area contributed by atoms with Gasteiger partial charge in [-0.25, -0.2) is 4.98 Å². The summed E-state index contributed by atoms with van der Waals surface area (Å²) in [6.07, 6.45) is 6.84. The summed E-state index contributed by atoms with van der Waals surface area (Å²) in [6.45, 7) is 8.01. The molecule has 0 radical (unpaired) electrons. The smallest absolute Gasteiger partial charge is 0.162 e. The Kier molecular flexibility index (Phi) is 5.01. The van der Waals surface area contributed by atoms with Crippen molar-refractivity contribution < 1.29 is 4.42 Å². The molecule has 2 aliphatic heterocycles. The molecule has 0 aromatic carbocycles. The van der Waals surface area contributed by atoms with Gasteiger partial charge >= 0.3 is 0 Å². The van der Waals surface area contributed by atoms with Crippen LogP contribution in [0, 0.1) is 6.92 Å². The van der Waals surface area contributed by atoms with E-state index in [1.807, 2.05) is 19.1 Å². The number of aryl methyl sites for hydroxylation is 1. The van der Waals surface area contributed by atoms with Gasteiger partial charge in [-0.1, -0.05) is 6.42 Å². The second-order valence-corrected chi connectivity index (χ2v) is 8.04. The number of hydrogen-bond donors (Lipinski definition) is 0. The number of rotatable bonds is 5. The second kappa shape index (κ2) is 7.38. The molecule has 1 unspecified atom stereocenters. The molecule has 0 bridgehead atoms. The summed E-state index contributed by atoms with van der Waals surface area (Å²) in [5, 5.41) is 3.20. The van der Waals surface area contributed by atoms with Crippen molar-refractivity contribution >= 4 is 11.3 Å². The fraction of sp³-hybridized carbons (Fsp3) is 0.632. The number of furan rings is 1. The van der Waals surface area contributed by atoms with Gasteiger partial charge in [0.2, 0.25) is 0 Å². The van der Waals surface area contributed by atoms with E-state index in [9.17, 15) is 0 Å². The van der Waals surface area contributed by atoms with Gasteiger partial charge in [-0.05, 0) is 64.4 Å². The summed E-state index contributed by atoms with van der Waals surface area (Å²) < 4.78 is 5.70. The van der Waals surface area contributed by atoms with E-state index in [4.69, 9.17) is 9.40 Å². The van der Waals surface area contributed by atoms with Gasteiger partial charge in [-0.15, -0.1) is 11.3 Å². The van der Waals surface area contributed by atoms with Gasteiger partial charge < -0.3 is 9.32 Å². The maximum Gasteiger partial charge on any atom is 0.162 e. The Hall–Kier alpha value is -1.17. The average molecular weight is 346 g/mol. The SMILES string of the molecule is Cc1ccc(-c2nc(CN3CCCC3CN3CCCCC3)cs2)o1. The van der Waals surface area contributed by atoms with Crippen LogP contribution >= 0.6 is 11.3 Å². The predicted octanol–water partition coefficient (Wildman–Crippen LogP) is 4.16. The van der Waals surface area contributed by atoms with Crippen molar-refractivity contribution in [2.24, 2.45) is 0 Å². The highest BCUT2D eigenvalue weighted by atomic mass is 32.1. The molecule has 4 heterocycles. The van der Waals surface area contributed by atoms with Crippen molar-refractivity contribution in [2.45, 2.75) is 51.6 Å². The molecule has 2 fully saturated rings. The van der Waals surface area contributed by atoms with Crippen LogP contribution < -0.4 is 0 Å². The molecule has 24 heavy (non-hydrogen) atoms. The average Bonchev–Trinajstić information content (AvgIpc) is 3.31. The number of thiazole rings is 1. The van der Waals surface area contributed by atoms with E-state index in [-0.39, 0.29) is 0 Å². The first kappa shape index (κ1) is 16.3. The first-order valence-corrected chi connectivity index (χ1v) is 10.1. The molecule has 4 rings (SSSR count). The van der Waals surface area contributed by atoms with Crippen molar-refractivity contribution in [2.75, 3.05) is 26.2 Å². The van der Waals surface area contributed by atoms with Crippen molar-refractivity contribution in [3.8, 4) is 10.8 Å². The minimum atomic E-state index is 0.708. The van der Waals surface area contributed by atoms with Crippen LogP contribution in [0.5, 0.6) is 0 Å². The van der Waals surface area contributed by atoms with E-state index in [2.05, 4.69) is 15.2 Å². The minimum Gasteiger partial charge on any atom is -0.459 e. The number of likely N-dealkylation sites (tertiary alicyclic amines) is 2. The fourth-order valence-electron chi connectivity index (χ4n) is 4.00. The molecule has 0 amide bonds. The number of hydrogen-bond acceptors (Lipinski definition) is 5. The van der Waals surface area contributed by atoms with Crippen LogP contribution in [0.1, 0.15) is 43.6 Å². The first-order chi connectivity index (χ1) is 11.8. The molecule has 0 saturated carbocycles. The fourth-order valence-corrected chi connectivity index (χ4v) is 4.77. The lowest BCUT2D eigenvalue weighted by molar-refractivity contribution is 0.148. The molecular formula is C19H27N3OS. The number of nitrogens with zero attached hydrogens (tertiary/aromatic N) is 3. The standard InChI is InChI=1S/C19H27N3OS/c1-15-7-8-18(23-15)19-20-16(14-24-19)12-22-11-5-6-17(22)13-21-9-3-2-4-10-21/h7-8,14,17H,2-6,9-13H2,1H3. The summed E-state index contributed by atoms with van der Waals surface area (Å²) in [5.74, 6) is 1.85. The van der Waals surface area contributed by atoms with Crippen molar-refractivity contribution in [1.29, 1.82) is 0 Å². The van der Waals surface area contributed by atoms with Gasteiger partial charge in [0, 0.05) is 24.5 Å². The third-order valence-electron chi connectivity index (χ3n) is 5.28. The molecule has 0 N–H and O–H groups in total. The van der Waals surface area contributed by atoms with E-state index in [1.54, 1.807) is 11.3 Å². The molecule has 130 valence electrons. The van der Waals surface area contributed by atoms with Crippen LogP contribution in [-0.2, 0) is 6.54 Å². The van der Waals surface area contributed by atoms with Crippen molar-refractivity contribution in [3.05, 3.63) is 29.0 Å². The maximum atomic E-state index is 5.70. The van der Waals surface area contributed by atoms with E-state index >= 15 is 0 Å². The van der Waals surface area contributed by atoms with Crippen LogP contribution in [0.3, 0.4) is 0 Å². The Morgan fingerprint density at radius 3 is 2.83 bits per heavy atom. The molecule has 4 nitrogen and oxygen atoms in total. The van der Waals surface area contributed by atoms with Crippen LogP contribution in [0.4, 0.5) is 0 Å². The van der Waals surface area contributed by atoms with Crippen LogP contribution in [0.15, 0.2) is 21.9 Å². The lowest BCUT2D eigenvalue weighted by atomic mass is 10.1. The van der Waals surface area contributed by atoms with Gasteiger partial charge in [0.25, 0.3) is 0 Å². The molecule has 0 spiro atoms. The lowest BCUT2D eigenvalue weighted by Gasteiger charge is -2.32. The number of piperidine rings is 1. The Balaban J connectivity index is 1.38. The predicted molar refractivity (Wildman–Crippen MR) is 98.3 cm³/mol. The van der Waals surface area contributed by atoms with E-state index in [1.165, 1.54) is 64.0 Å². The van der Waals surface area contributed by atoms with E-state index in [0.717, 1.165) is 23.1 Å². The number of aromatic nitrogens is 1. The van der Waals surface area contributed by atoms with Crippen LogP contribution in [0.25, 0.3) is 10.8 Å². The summed E-state index contributed by atoms with van der Waals surface area (Å²) in [4.78, 5) is 10.1. The highest BCUT2D eigenvalue weighted by Gasteiger charge is 2.27. The third kappa shape index (κ3) is 3.73. The zero-order valence-electron chi connectivity index (χ0n) is 14.5. The molecule has 2 saturated heterocycles. The Bertz CT molecular complexity index is 659. The zero-order chi connectivity index (χ0) is 16.4. The minimum absolute atomic E-state index is 0.708. The zero-order valence-corrected chi connectivity index (χ0v) is 15.4. The van der Waals surface area contributed by atoms with Gasteiger partial charge in [-0.2, -0.15) is 0 Å². The Labute approximate surface area is 148 Å². The van der Waals surface area contributed by atoms with E-state index < -0.39 is 0 Å². The second-order valence-electron chi connectivity index (χ2n) is 7.18.